The van der Waals surface area contributed by atoms with Crippen LogP contribution in [0, 0.1) is 0 Å². The summed E-state index contributed by atoms with van der Waals surface area (Å²) in [5.41, 5.74) is 0. The first kappa shape index (κ1) is 14.3. The highest BCUT2D eigenvalue weighted by Crippen LogP contribution is 2.20. The first-order chi connectivity index (χ1) is 7.88. The van der Waals surface area contributed by atoms with E-state index in [1.807, 2.05) is 0 Å². The molecule has 1 aliphatic heterocycles. The Morgan fingerprint density at radius 2 is 1.94 bits per heavy atom. The maximum atomic E-state index is 5.88. The molecule has 0 aromatic rings. The molecule has 1 saturated heterocycles. The Labute approximate surface area is 107 Å². The monoisotopic (exact) mass is 245 g/mol. The molecule has 1 fully saturated rings. The van der Waals surface area contributed by atoms with Gasteiger partial charge in [-0.1, -0.05) is 39.0 Å². The van der Waals surface area contributed by atoms with Crippen LogP contribution in [-0.2, 0) is 0 Å². The average molecular weight is 246 g/mol. The first-order valence-corrected chi connectivity index (χ1v) is 7.72. The Bertz CT molecular complexity index is 159. The molecule has 1 aliphatic rings. The Balaban J connectivity index is 2.11. The highest BCUT2D eigenvalue weighted by Gasteiger charge is 2.20. The van der Waals surface area contributed by atoms with Crippen LogP contribution >= 0.6 is 11.6 Å². The van der Waals surface area contributed by atoms with Crippen LogP contribution in [0.4, 0.5) is 0 Å². The fourth-order valence-electron chi connectivity index (χ4n) is 2.73. The zero-order valence-electron chi connectivity index (χ0n) is 10.9. The molecule has 0 N–H and O–H groups in total. The van der Waals surface area contributed by atoms with Crippen molar-refractivity contribution >= 4 is 11.6 Å². The molecule has 0 aliphatic carbocycles. The third-order valence-electron chi connectivity index (χ3n) is 3.74. The van der Waals surface area contributed by atoms with Crippen LogP contribution in [0.5, 0.6) is 0 Å². The number of likely N-dealkylation sites (tertiary alicyclic amines) is 1. The number of hydrogen-bond acceptors (Lipinski definition) is 1. The van der Waals surface area contributed by atoms with Crippen molar-refractivity contribution in [2.24, 2.45) is 0 Å². The van der Waals surface area contributed by atoms with Gasteiger partial charge in [-0.3, -0.25) is 0 Å². The van der Waals surface area contributed by atoms with Crippen molar-refractivity contribution in [1.29, 1.82) is 0 Å². The lowest BCUT2D eigenvalue weighted by Gasteiger charge is -2.35. The molecule has 0 amide bonds. The summed E-state index contributed by atoms with van der Waals surface area (Å²) in [6, 6.07) is 0.789. The Morgan fingerprint density at radius 3 is 2.69 bits per heavy atom. The molecule has 1 unspecified atom stereocenters. The molecule has 0 spiro atoms. The van der Waals surface area contributed by atoms with Gasteiger partial charge in [-0.25, -0.2) is 0 Å². The molecule has 1 rings (SSSR count). The number of halogens is 1. The number of rotatable bonds is 8. The van der Waals surface area contributed by atoms with Crippen molar-refractivity contribution in [3.05, 3.63) is 0 Å². The van der Waals surface area contributed by atoms with Gasteiger partial charge in [0.05, 0.1) is 0 Å². The predicted octanol–water partition coefficient (Wildman–Crippen LogP) is 4.44. The predicted molar refractivity (Wildman–Crippen MR) is 73.3 cm³/mol. The van der Waals surface area contributed by atoms with Gasteiger partial charge in [0, 0.05) is 11.9 Å². The van der Waals surface area contributed by atoms with Crippen LogP contribution in [0.25, 0.3) is 0 Å². The largest absolute Gasteiger partial charge is 0.300 e. The average Bonchev–Trinajstić information content (AvgIpc) is 2.31. The van der Waals surface area contributed by atoms with Crippen LogP contribution < -0.4 is 0 Å². The molecule has 1 nitrogen and oxygen atoms in total. The Hall–Kier alpha value is 0.250. The van der Waals surface area contributed by atoms with E-state index in [9.17, 15) is 0 Å². The van der Waals surface area contributed by atoms with Crippen LogP contribution in [0.1, 0.15) is 64.7 Å². The van der Waals surface area contributed by atoms with Gasteiger partial charge in [0.1, 0.15) is 0 Å². The lowest BCUT2D eigenvalue weighted by atomic mass is 9.99. The number of hydrogen-bond donors (Lipinski definition) is 0. The van der Waals surface area contributed by atoms with Gasteiger partial charge in [-0.2, -0.15) is 0 Å². The zero-order valence-corrected chi connectivity index (χ0v) is 11.6. The maximum Gasteiger partial charge on any atom is 0.0238 e. The summed E-state index contributed by atoms with van der Waals surface area (Å²) in [5, 5.41) is 0. The third-order valence-corrected chi connectivity index (χ3v) is 3.96. The summed E-state index contributed by atoms with van der Waals surface area (Å²) in [6.45, 7) is 4.90. The molecule has 0 aromatic carbocycles. The first-order valence-electron chi connectivity index (χ1n) is 7.18. The lowest BCUT2D eigenvalue weighted by molar-refractivity contribution is 0.142. The van der Waals surface area contributed by atoms with E-state index in [-0.39, 0.29) is 0 Å². The minimum Gasteiger partial charge on any atom is -0.300 e. The molecule has 1 heterocycles. The molecule has 96 valence electrons. The van der Waals surface area contributed by atoms with Crippen molar-refractivity contribution in [3.63, 3.8) is 0 Å². The normalized spacial score (nSPS) is 22.5. The third kappa shape index (κ3) is 5.54. The highest BCUT2D eigenvalue weighted by atomic mass is 35.5. The fourth-order valence-corrected chi connectivity index (χ4v) is 2.98. The summed E-state index contributed by atoms with van der Waals surface area (Å²) in [6.07, 6.45) is 12.4. The van der Waals surface area contributed by atoms with E-state index < -0.39 is 0 Å². The quantitative estimate of drug-likeness (QED) is 0.451. The number of nitrogens with zero attached hydrogens (tertiary/aromatic N) is 1. The van der Waals surface area contributed by atoms with Gasteiger partial charge in [0.15, 0.2) is 0 Å². The SMILES string of the molecule is CCCCCCCN1CCCCC1CCCl. The second-order valence-corrected chi connectivity index (χ2v) is 5.46. The Kier molecular flexibility index (Phi) is 8.32. The second-order valence-electron chi connectivity index (χ2n) is 5.08. The van der Waals surface area contributed by atoms with Crippen molar-refractivity contribution in [2.75, 3.05) is 19.0 Å². The fraction of sp³-hybridized carbons (Fsp3) is 1.00. The standard InChI is InChI=1S/C14H28ClN/c1-2-3-4-5-7-12-16-13-8-6-9-14(16)10-11-15/h14H,2-13H2,1H3. The Morgan fingerprint density at radius 1 is 1.12 bits per heavy atom. The molecule has 1 atom stereocenters. The summed E-state index contributed by atoms with van der Waals surface area (Å²) < 4.78 is 0. The lowest BCUT2D eigenvalue weighted by Crippen LogP contribution is -2.40. The molecule has 0 saturated carbocycles. The molecular formula is C14H28ClN. The smallest absolute Gasteiger partial charge is 0.0238 e. The minimum atomic E-state index is 0.789. The van der Waals surface area contributed by atoms with Crippen LogP contribution in [0.15, 0.2) is 0 Å². The summed E-state index contributed by atoms with van der Waals surface area (Å²) in [5.74, 6) is 0.830. The van der Waals surface area contributed by atoms with Gasteiger partial charge in [-0.05, 0) is 38.8 Å². The highest BCUT2D eigenvalue weighted by molar-refractivity contribution is 6.17. The van der Waals surface area contributed by atoms with E-state index in [4.69, 9.17) is 11.6 Å². The zero-order chi connectivity index (χ0) is 11.6. The number of alkyl halides is 1. The van der Waals surface area contributed by atoms with Crippen LogP contribution in [0.3, 0.4) is 0 Å². The summed E-state index contributed by atoms with van der Waals surface area (Å²) >= 11 is 5.88. The molecule has 0 radical (unpaired) electrons. The van der Waals surface area contributed by atoms with Crippen LogP contribution in [0.2, 0.25) is 0 Å². The summed E-state index contributed by atoms with van der Waals surface area (Å²) in [4.78, 5) is 2.69. The van der Waals surface area contributed by atoms with Gasteiger partial charge in [0.2, 0.25) is 0 Å². The van der Waals surface area contributed by atoms with E-state index in [2.05, 4.69) is 11.8 Å². The van der Waals surface area contributed by atoms with Gasteiger partial charge in [-0.15, -0.1) is 11.6 Å². The second kappa shape index (κ2) is 9.30. The molecule has 16 heavy (non-hydrogen) atoms. The van der Waals surface area contributed by atoms with Gasteiger partial charge in [0.25, 0.3) is 0 Å². The minimum absolute atomic E-state index is 0.789. The van der Waals surface area contributed by atoms with E-state index in [0.717, 1.165) is 11.9 Å². The molecule has 0 bridgehead atoms. The van der Waals surface area contributed by atoms with E-state index in [1.165, 1.54) is 70.9 Å². The molecular weight excluding hydrogens is 218 g/mol. The summed E-state index contributed by atoms with van der Waals surface area (Å²) in [7, 11) is 0. The van der Waals surface area contributed by atoms with Crippen LogP contribution in [-0.4, -0.2) is 29.9 Å². The van der Waals surface area contributed by atoms with Crippen molar-refractivity contribution in [3.8, 4) is 0 Å². The van der Waals surface area contributed by atoms with E-state index in [0.29, 0.717) is 0 Å². The number of unbranched alkanes of at least 4 members (excludes halogenated alkanes) is 4. The van der Waals surface area contributed by atoms with Crippen molar-refractivity contribution in [1.82, 2.24) is 4.90 Å². The number of piperidine rings is 1. The molecule has 0 aromatic heterocycles. The maximum absolute atomic E-state index is 5.88. The molecule has 2 heteroatoms. The van der Waals surface area contributed by atoms with Gasteiger partial charge >= 0.3 is 0 Å². The van der Waals surface area contributed by atoms with Crippen molar-refractivity contribution < 1.29 is 0 Å². The van der Waals surface area contributed by atoms with E-state index in [1.54, 1.807) is 0 Å². The van der Waals surface area contributed by atoms with Gasteiger partial charge < -0.3 is 4.90 Å². The van der Waals surface area contributed by atoms with Crippen molar-refractivity contribution in [2.45, 2.75) is 70.8 Å². The topological polar surface area (TPSA) is 3.24 Å². The van der Waals surface area contributed by atoms with E-state index >= 15 is 0 Å².